The Labute approximate surface area is 108 Å². The summed E-state index contributed by atoms with van der Waals surface area (Å²) in [7, 11) is 1.56. The molecule has 0 spiro atoms. The van der Waals surface area contributed by atoms with Gasteiger partial charge in [0, 0.05) is 22.5 Å². The van der Waals surface area contributed by atoms with Gasteiger partial charge in [-0.3, -0.25) is 4.79 Å². The first-order chi connectivity index (χ1) is 8.08. The number of amidine groups is 1. The van der Waals surface area contributed by atoms with Crippen LogP contribution in [0, 0.1) is 0 Å². The molecule has 0 aliphatic heterocycles. The van der Waals surface area contributed by atoms with Crippen LogP contribution >= 0.6 is 23.4 Å². The summed E-state index contributed by atoms with van der Waals surface area (Å²) in [5.41, 5.74) is 6.07. The van der Waals surface area contributed by atoms with Gasteiger partial charge in [-0.15, -0.1) is 11.8 Å². The fraction of sp³-hybridized carbons (Fsp3) is 0.200. The number of hydrogen-bond acceptors (Lipinski definition) is 4. The molecule has 1 aromatic rings. The van der Waals surface area contributed by atoms with Crippen molar-refractivity contribution >= 4 is 35.1 Å². The van der Waals surface area contributed by atoms with Crippen LogP contribution in [0.2, 0.25) is 5.02 Å². The van der Waals surface area contributed by atoms with Crippen molar-refractivity contribution in [1.82, 2.24) is 5.32 Å². The Morgan fingerprint density at radius 2 is 2.35 bits per heavy atom. The molecule has 0 aliphatic rings. The van der Waals surface area contributed by atoms with E-state index < -0.39 is 0 Å². The van der Waals surface area contributed by atoms with Crippen LogP contribution in [0.5, 0.6) is 0 Å². The first kappa shape index (κ1) is 13.7. The van der Waals surface area contributed by atoms with Crippen molar-refractivity contribution in [3.05, 3.63) is 28.8 Å². The minimum Gasteiger partial charge on any atom is -0.409 e. The maximum atomic E-state index is 11.1. The lowest BCUT2D eigenvalue weighted by atomic mass is 10.2. The zero-order valence-electron chi connectivity index (χ0n) is 9.11. The summed E-state index contributed by atoms with van der Waals surface area (Å²) in [4.78, 5) is 11.8. The van der Waals surface area contributed by atoms with Gasteiger partial charge in [0.15, 0.2) is 5.84 Å². The molecule has 0 aromatic heterocycles. The molecule has 4 N–H and O–H groups in total. The molecular formula is C10H12ClN3O2S. The van der Waals surface area contributed by atoms with E-state index in [0.29, 0.717) is 15.5 Å². The van der Waals surface area contributed by atoms with Crippen LogP contribution in [-0.4, -0.2) is 29.8 Å². The van der Waals surface area contributed by atoms with Crippen LogP contribution in [-0.2, 0) is 4.79 Å². The molecule has 0 bridgehead atoms. The number of halogens is 1. The molecule has 7 heteroatoms. The lowest BCUT2D eigenvalue weighted by molar-refractivity contribution is -0.118. The Morgan fingerprint density at radius 3 is 2.94 bits per heavy atom. The van der Waals surface area contributed by atoms with Crippen molar-refractivity contribution in [3.63, 3.8) is 0 Å². The number of benzene rings is 1. The average molecular weight is 274 g/mol. The number of oxime groups is 1. The van der Waals surface area contributed by atoms with E-state index in [4.69, 9.17) is 22.5 Å². The summed E-state index contributed by atoms with van der Waals surface area (Å²) < 4.78 is 0. The predicted molar refractivity (Wildman–Crippen MR) is 68.8 cm³/mol. The van der Waals surface area contributed by atoms with Gasteiger partial charge in [-0.1, -0.05) is 16.8 Å². The summed E-state index contributed by atoms with van der Waals surface area (Å²) in [6.07, 6.45) is 0. The van der Waals surface area contributed by atoms with Crippen molar-refractivity contribution < 1.29 is 10.0 Å². The number of hydrogen-bond donors (Lipinski definition) is 3. The second-order valence-corrected chi connectivity index (χ2v) is 4.54. The quantitative estimate of drug-likeness (QED) is 0.253. The summed E-state index contributed by atoms with van der Waals surface area (Å²) in [6, 6.07) is 4.95. The molecule has 5 nitrogen and oxygen atoms in total. The van der Waals surface area contributed by atoms with E-state index in [-0.39, 0.29) is 17.5 Å². The van der Waals surface area contributed by atoms with Gasteiger partial charge in [0.05, 0.1) is 5.75 Å². The Bertz CT molecular complexity index is 451. The fourth-order valence-corrected chi connectivity index (χ4v) is 2.30. The van der Waals surface area contributed by atoms with Gasteiger partial charge in [0.25, 0.3) is 0 Å². The fourth-order valence-electron chi connectivity index (χ4n) is 1.10. The topological polar surface area (TPSA) is 87.7 Å². The minimum absolute atomic E-state index is 0.0129. The third-order valence-corrected chi connectivity index (χ3v) is 3.26. The van der Waals surface area contributed by atoms with Gasteiger partial charge in [0.2, 0.25) is 5.91 Å². The molecule has 1 amide bonds. The molecule has 1 rings (SSSR count). The van der Waals surface area contributed by atoms with E-state index in [9.17, 15) is 4.79 Å². The monoisotopic (exact) mass is 273 g/mol. The van der Waals surface area contributed by atoms with E-state index in [1.807, 2.05) is 0 Å². The Kier molecular flexibility index (Phi) is 5.11. The van der Waals surface area contributed by atoms with Gasteiger partial charge in [-0.2, -0.15) is 0 Å². The highest BCUT2D eigenvalue weighted by Gasteiger charge is 2.10. The first-order valence-electron chi connectivity index (χ1n) is 4.69. The molecule has 0 fully saturated rings. The Balaban J connectivity index is 2.95. The summed E-state index contributed by atoms with van der Waals surface area (Å²) in [6.45, 7) is 0. The number of nitrogens with one attached hydrogen (secondary N) is 1. The zero-order chi connectivity index (χ0) is 12.8. The predicted octanol–water partition coefficient (Wildman–Crippen LogP) is 1.27. The smallest absolute Gasteiger partial charge is 0.230 e. The highest BCUT2D eigenvalue weighted by atomic mass is 35.5. The minimum atomic E-state index is -0.111. The Hall–Kier alpha value is -1.40. The highest BCUT2D eigenvalue weighted by Crippen LogP contribution is 2.26. The van der Waals surface area contributed by atoms with E-state index in [2.05, 4.69) is 10.5 Å². The number of nitrogens with zero attached hydrogens (tertiary/aromatic N) is 1. The van der Waals surface area contributed by atoms with Crippen LogP contribution in [0.3, 0.4) is 0 Å². The molecule has 0 aliphatic carbocycles. The van der Waals surface area contributed by atoms with E-state index in [1.165, 1.54) is 11.8 Å². The van der Waals surface area contributed by atoms with Gasteiger partial charge in [-0.05, 0) is 18.2 Å². The maximum absolute atomic E-state index is 11.1. The summed E-state index contributed by atoms with van der Waals surface area (Å²) in [5, 5.41) is 14.6. The van der Waals surface area contributed by atoms with Crippen LogP contribution < -0.4 is 11.1 Å². The highest BCUT2D eigenvalue weighted by molar-refractivity contribution is 8.00. The van der Waals surface area contributed by atoms with Gasteiger partial charge in [0.1, 0.15) is 0 Å². The average Bonchev–Trinajstić information content (AvgIpc) is 2.35. The normalized spacial score (nSPS) is 11.3. The zero-order valence-corrected chi connectivity index (χ0v) is 10.7. The van der Waals surface area contributed by atoms with Crippen molar-refractivity contribution in [2.75, 3.05) is 12.8 Å². The summed E-state index contributed by atoms with van der Waals surface area (Å²) >= 11 is 7.13. The van der Waals surface area contributed by atoms with E-state index in [1.54, 1.807) is 25.2 Å². The summed E-state index contributed by atoms with van der Waals surface area (Å²) in [5.74, 6) is 0.115. The number of amides is 1. The maximum Gasteiger partial charge on any atom is 0.230 e. The van der Waals surface area contributed by atoms with E-state index >= 15 is 0 Å². The first-order valence-corrected chi connectivity index (χ1v) is 6.05. The Morgan fingerprint density at radius 1 is 1.65 bits per heavy atom. The third-order valence-electron chi connectivity index (χ3n) is 1.96. The molecule has 0 heterocycles. The molecule has 0 saturated carbocycles. The van der Waals surface area contributed by atoms with Gasteiger partial charge < -0.3 is 16.3 Å². The molecule has 1 aromatic carbocycles. The lowest BCUT2D eigenvalue weighted by Gasteiger charge is -2.07. The van der Waals surface area contributed by atoms with Gasteiger partial charge in [-0.25, -0.2) is 0 Å². The van der Waals surface area contributed by atoms with Crippen LogP contribution in [0.15, 0.2) is 28.3 Å². The van der Waals surface area contributed by atoms with Crippen LogP contribution in [0.1, 0.15) is 5.56 Å². The SMILES string of the molecule is CNC(=O)CSc1cc(Cl)ccc1/C(N)=N/O. The largest absolute Gasteiger partial charge is 0.409 e. The molecule has 0 atom stereocenters. The molecule has 0 saturated heterocycles. The van der Waals surface area contributed by atoms with Crippen LogP contribution in [0.4, 0.5) is 0 Å². The molecule has 0 radical (unpaired) electrons. The van der Waals surface area contributed by atoms with E-state index in [0.717, 1.165) is 0 Å². The van der Waals surface area contributed by atoms with Crippen molar-refractivity contribution in [2.45, 2.75) is 4.90 Å². The molecular weight excluding hydrogens is 262 g/mol. The molecule has 17 heavy (non-hydrogen) atoms. The second kappa shape index (κ2) is 6.36. The van der Waals surface area contributed by atoms with Gasteiger partial charge >= 0.3 is 0 Å². The lowest BCUT2D eigenvalue weighted by Crippen LogP contribution is -2.20. The number of carbonyl (C=O) groups excluding carboxylic acids is 1. The molecule has 92 valence electrons. The number of rotatable bonds is 4. The second-order valence-electron chi connectivity index (χ2n) is 3.09. The van der Waals surface area contributed by atoms with Crippen molar-refractivity contribution in [1.29, 1.82) is 0 Å². The number of thioether (sulfide) groups is 1. The third kappa shape index (κ3) is 3.83. The number of nitrogens with two attached hydrogens (primary N) is 1. The van der Waals surface area contributed by atoms with Crippen LogP contribution in [0.25, 0.3) is 0 Å². The number of carbonyl (C=O) groups is 1. The standard InChI is InChI=1S/C10H12ClN3O2S/c1-13-9(15)5-17-8-4-6(11)2-3-7(8)10(12)14-16/h2-4,16H,5H2,1H3,(H2,12,14)(H,13,15). The van der Waals surface area contributed by atoms with Crippen molar-refractivity contribution in [2.24, 2.45) is 10.9 Å². The molecule has 0 unspecified atom stereocenters. The van der Waals surface area contributed by atoms with Crippen molar-refractivity contribution in [3.8, 4) is 0 Å².